The molecule has 2 aliphatic rings. The molecule has 0 radical (unpaired) electrons. The lowest BCUT2D eigenvalue weighted by Gasteiger charge is -2.28. The van der Waals surface area contributed by atoms with Crippen LogP contribution in [-0.4, -0.2) is 27.5 Å². The van der Waals surface area contributed by atoms with E-state index in [1.807, 2.05) is 11.4 Å². The average molecular weight is 303 g/mol. The summed E-state index contributed by atoms with van der Waals surface area (Å²) in [5.41, 5.74) is 0.858. The molecular weight excluding hydrogens is 282 g/mol. The predicted molar refractivity (Wildman–Crippen MR) is 85.6 cm³/mol. The van der Waals surface area contributed by atoms with Crippen molar-refractivity contribution in [3.8, 4) is 0 Å². The van der Waals surface area contributed by atoms with Gasteiger partial charge in [0.05, 0.1) is 12.1 Å². The van der Waals surface area contributed by atoms with Gasteiger partial charge in [-0.05, 0) is 49.6 Å². The first-order valence-electron chi connectivity index (χ1n) is 8.02. The molecule has 2 aromatic heterocycles. The number of nitrogens with zero attached hydrogens (tertiary/aromatic N) is 2. The van der Waals surface area contributed by atoms with Crippen molar-refractivity contribution in [3.63, 3.8) is 0 Å². The minimum Gasteiger partial charge on any atom is -0.308 e. The summed E-state index contributed by atoms with van der Waals surface area (Å²) in [5, 5.41) is 1.94. The Balaban J connectivity index is 1.57. The lowest BCUT2D eigenvalue weighted by molar-refractivity contribution is 0.179. The first kappa shape index (κ1) is 13.5. The van der Waals surface area contributed by atoms with Crippen LogP contribution < -0.4 is 5.56 Å². The van der Waals surface area contributed by atoms with Crippen molar-refractivity contribution in [3.05, 3.63) is 27.6 Å². The van der Waals surface area contributed by atoms with Gasteiger partial charge >= 0.3 is 0 Å². The minimum atomic E-state index is 0.0154. The Bertz CT molecular complexity index is 686. The normalized spacial score (nSPS) is 24.3. The van der Waals surface area contributed by atoms with Crippen LogP contribution in [0.1, 0.15) is 44.3 Å². The fourth-order valence-electron chi connectivity index (χ4n) is 4.11. The number of likely N-dealkylation sites (tertiary alicyclic amines) is 1. The standard InChI is InChI=1S/C16H21N3OS/c20-16-15-12(7-9-21-15)17-14(18-16)10-19-8-3-6-13(19)11-4-1-2-5-11/h7,9,11,13H,1-6,8,10H2,(H,17,18,20)/t13-/m1/s1. The highest BCUT2D eigenvalue weighted by Gasteiger charge is 2.33. The molecule has 0 spiro atoms. The second-order valence-corrected chi connectivity index (χ2v) is 7.29. The number of aromatic nitrogens is 2. The topological polar surface area (TPSA) is 49.0 Å². The first-order chi connectivity index (χ1) is 10.3. The van der Waals surface area contributed by atoms with Gasteiger partial charge in [0.15, 0.2) is 0 Å². The quantitative estimate of drug-likeness (QED) is 0.947. The van der Waals surface area contributed by atoms with E-state index in [0.29, 0.717) is 6.04 Å². The third kappa shape index (κ3) is 2.53. The van der Waals surface area contributed by atoms with E-state index in [1.54, 1.807) is 0 Å². The molecule has 0 bridgehead atoms. The number of thiophene rings is 1. The molecule has 3 heterocycles. The van der Waals surface area contributed by atoms with Crippen molar-refractivity contribution < 1.29 is 0 Å². The van der Waals surface area contributed by atoms with Gasteiger partial charge in [-0.1, -0.05) is 12.8 Å². The number of aromatic amines is 1. The number of hydrogen-bond donors (Lipinski definition) is 1. The van der Waals surface area contributed by atoms with Gasteiger partial charge in [-0.2, -0.15) is 0 Å². The van der Waals surface area contributed by atoms with Gasteiger partial charge in [-0.3, -0.25) is 9.69 Å². The van der Waals surface area contributed by atoms with Gasteiger partial charge in [-0.15, -0.1) is 11.3 Å². The molecule has 1 saturated heterocycles. The average Bonchev–Trinajstić information content (AvgIpc) is 3.19. The smallest absolute Gasteiger partial charge is 0.268 e. The highest BCUT2D eigenvalue weighted by Crippen LogP contribution is 2.35. The third-order valence-electron chi connectivity index (χ3n) is 5.07. The molecule has 2 fully saturated rings. The predicted octanol–water partition coefficient (Wildman–Crippen LogP) is 3.14. The maximum absolute atomic E-state index is 12.1. The van der Waals surface area contributed by atoms with Crippen molar-refractivity contribution in [2.45, 2.75) is 51.1 Å². The summed E-state index contributed by atoms with van der Waals surface area (Å²) < 4.78 is 0.743. The second kappa shape index (κ2) is 5.54. The van der Waals surface area contributed by atoms with Gasteiger partial charge in [0.2, 0.25) is 0 Å². The molecule has 1 aliphatic carbocycles. The van der Waals surface area contributed by atoms with Crippen LogP contribution in [0, 0.1) is 5.92 Å². The SMILES string of the molecule is O=c1[nH]c(CN2CCC[C@@H]2C2CCCC2)nc2ccsc12. The second-order valence-electron chi connectivity index (χ2n) is 6.37. The van der Waals surface area contributed by atoms with Crippen molar-refractivity contribution in [1.82, 2.24) is 14.9 Å². The number of fused-ring (bicyclic) bond motifs is 1. The van der Waals surface area contributed by atoms with Crippen LogP contribution in [-0.2, 0) is 6.54 Å². The summed E-state index contributed by atoms with van der Waals surface area (Å²) >= 11 is 1.47. The van der Waals surface area contributed by atoms with E-state index in [0.717, 1.165) is 35.0 Å². The molecule has 1 N–H and O–H groups in total. The molecule has 1 saturated carbocycles. The Kier molecular flexibility index (Phi) is 3.55. The van der Waals surface area contributed by atoms with E-state index in [9.17, 15) is 4.79 Å². The van der Waals surface area contributed by atoms with Crippen LogP contribution in [0.2, 0.25) is 0 Å². The maximum atomic E-state index is 12.1. The van der Waals surface area contributed by atoms with Gasteiger partial charge in [0.25, 0.3) is 5.56 Å². The zero-order valence-corrected chi connectivity index (χ0v) is 13.0. The summed E-state index contributed by atoms with van der Waals surface area (Å²) in [5.74, 6) is 1.69. The van der Waals surface area contributed by atoms with Crippen molar-refractivity contribution >= 4 is 21.6 Å². The van der Waals surface area contributed by atoms with Gasteiger partial charge in [0, 0.05) is 6.04 Å². The van der Waals surface area contributed by atoms with Gasteiger partial charge in [-0.25, -0.2) is 4.98 Å². The molecule has 1 aliphatic heterocycles. The summed E-state index contributed by atoms with van der Waals surface area (Å²) in [4.78, 5) is 22.2. The number of H-pyrrole nitrogens is 1. The molecule has 4 nitrogen and oxygen atoms in total. The van der Waals surface area contributed by atoms with E-state index in [4.69, 9.17) is 0 Å². The molecule has 0 aromatic carbocycles. The Morgan fingerprint density at radius 3 is 3.00 bits per heavy atom. The molecular formula is C16H21N3OS. The fraction of sp³-hybridized carbons (Fsp3) is 0.625. The van der Waals surface area contributed by atoms with Crippen LogP contribution in [0.25, 0.3) is 10.2 Å². The number of rotatable bonds is 3. The summed E-state index contributed by atoms with van der Waals surface area (Å²) in [6, 6.07) is 2.65. The molecule has 21 heavy (non-hydrogen) atoms. The molecule has 0 amide bonds. The first-order valence-corrected chi connectivity index (χ1v) is 8.90. The fourth-order valence-corrected chi connectivity index (χ4v) is 4.84. The summed E-state index contributed by atoms with van der Waals surface area (Å²) in [6.07, 6.45) is 8.15. The van der Waals surface area contributed by atoms with E-state index in [2.05, 4.69) is 14.9 Å². The monoisotopic (exact) mass is 303 g/mol. The van der Waals surface area contributed by atoms with Crippen molar-refractivity contribution in [2.24, 2.45) is 5.92 Å². The Hall–Kier alpha value is -1.20. The van der Waals surface area contributed by atoms with E-state index in [-0.39, 0.29) is 5.56 Å². The highest BCUT2D eigenvalue weighted by atomic mass is 32.1. The Morgan fingerprint density at radius 1 is 1.29 bits per heavy atom. The van der Waals surface area contributed by atoms with Gasteiger partial charge in [0.1, 0.15) is 10.5 Å². The highest BCUT2D eigenvalue weighted by molar-refractivity contribution is 7.17. The van der Waals surface area contributed by atoms with E-state index >= 15 is 0 Å². The van der Waals surface area contributed by atoms with E-state index in [1.165, 1.54) is 49.9 Å². The van der Waals surface area contributed by atoms with Crippen LogP contribution >= 0.6 is 11.3 Å². The molecule has 1 atom stereocenters. The van der Waals surface area contributed by atoms with Crippen LogP contribution in [0.4, 0.5) is 0 Å². The molecule has 5 heteroatoms. The van der Waals surface area contributed by atoms with Crippen LogP contribution in [0.3, 0.4) is 0 Å². The molecule has 4 rings (SSSR count). The minimum absolute atomic E-state index is 0.0154. The number of nitrogens with one attached hydrogen (secondary N) is 1. The largest absolute Gasteiger partial charge is 0.308 e. The number of hydrogen-bond acceptors (Lipinski definition) is 4. The summed E-state index contributed by atoms with van der Waals surface area (Å²) in [7, 11) is 0. The lowest BCUT2D eigenvalue weighted by atomic mass is 9.96. The van der Waals surface area contributed by atoms with Crippen LogP contribution in [0.15, 0.2) is 16.2 Å². The maximum Gasteiger partial charge on any atom is 0.268 e. The Morgan fingerprint density at radius 2 is 2.14 bits per heavy atom. The lowest BCUT2D eigenvalue weighted by Crippen LogP contribution is -2.35. The van der Waals surface area contributed by atoms with E-state index < -0.39 is 0 Å². The van der Waals surface area contributed by atoms with Gasteiger partial charge < -0.3 is 4.98 Å². The molecule has 112 valence electrons. The summed E-state index contributed by atoms with van der Waals surface area (Å²) in [6.45, 7) is 1.94. The van der Waals surface area contributed by atoms with Crippen LogP contribution in [0.5, 0.6) is 0 Å². The Labute approximate surface area is 128 Å². The molecule has 2 aromatic rings. The zero-order chi connectivity index (χ0) is 14.2. The zero-order valence-electron chi connectivity index (χ0n) is 12.2. The third-order valence-corrected chi connectivity index (χ3v) is 5.98. The van der Waals surface area contributed by atoms with Crippen molar-refractivity contribution in [1.29, 1.82) is 0 Å². The van der Waals surface area contributed by atoms with Crippen molar-refractivity contribution in [2.75, 3.05) is 6.54 Å². The molecule has 0 unspecified atom stereocenters.